The maximum atomic E-state index is 12.0. The van der Waals surface area contributed by atoms with Crippen LogP contribution >= 0.6 is 0 Å². The van der Waals surface area contributed by atoms with Crippen molar-refractivity contribution in [3.8, 4) is 0 Å². The summed E-state index contributed by atoms with van der Waals surface area (Å²) in [6.45, 7) is 5.18. The molecule has 2 atom stereocenters. The van der Waals surface area contributed by atoms with Crippen LogP contribution < -0.4 is 5.32 Å². The third kappa shape index (κ3) is 5.25. The topological polar surface area (TPSA) is 110 Å². The first-order valence-corrected chi connectivity index (χ1v) is 7.37. The van der Waals surface area contributed by atoms with E-state index in [2.05, 4.69) is 5.32 Å². The van der Waals surface area contributed by atoms with Crippen molar-refractivity contribution in [1.29, 1.82) is 0 Å². The Labute approximate surface area is 136 Å². The second-order valence-electron chi connectivity index (χ2n) is 5.49. The highest BCUT2D eigenvalue weighted by Gasteiger charge is 2.39. The Kier molecular flexibility index (Phi) is 6.81. The molecule has 24 heavy (non-hydrogen) atoms. The minimum atomic E-state index is -5.08. The van der Waals surface area contributed by atoms with E-state index in [4.69, 9.17) is 15.0 Å². The first kappa shape index (κ1) is 20.0. The average molecular weight is 355 g/mol. The van der Waals surface area contributed by atoms with Gasteiger partial charge in [-0.05, 0) is 6.42 Å². The number of carboxylic acids is 2. The van der Waals surface area contributed by atoms with Gasteiger partial charge in [-0.3, -0.25) is 4.79 Å². The molecule has 0 bridgehead atoms. The number of fused-ring (bicyclic) bond motifs is 1. The number of carboxylic acid groups (broad SMARTS) is 2. The van der Waals surface area contributed by atoms with Gasteiger partial charge in [-0.1, -0.05) is 6.92 Å². The molecular formula is C13H20F3N3O5. The van der Waals surface area contributed by atoms with E-state index in [-0.39, 0.29) is 12.1 Å². The summed E-state index contributed by atoms with van der Waals surface area (Å²) in [6.07, 6.45) is -4.53. The number of nitrogens with zero attached hydrogens (tertiary/aromatic N) is 2. The van der Waals surface area contributed by atoms with Crippen molar-refractivity contribution in [2.75, 3.05) is 32.7 Å². The van der Waals surface area contributed by atoms with Crippen LogP contribution in [0, 0.1) is 5.92 Å². The number of hydrogen-bond acceptors (Lipinski definition) is 4. The zero-order valence-corrected chi connectivity index (χ0v) is 13.0. The summed E-state index contributed by atoms with van der Waals surface area (Å²) in [4.78, 5) is 35.4. The molecule has 2 fully saturated rings. The van der Waals surface area contributed by atoms with Crippen LogP contribution in [-0.2, 0) is 9.59 Å². The molecular weight excluding hydrogens is 335 g/mol. The second kappa shape index (κ2) is 8.18. The first-order valence-electron chi connectivity index (χ1n) is 7.37. The van der Waals surface area contributed by atoms with E-state index in [0.717, 1.165) is 19.6 Å². The van der Waals surface area contributed by atoms with E-state index in [1.165, 1.54) is 0 Å². The molecule has 0 spiro atoms. The van der Waals surface area contributed by atoms with E-state index in [9.17, 15) is 22.8 Å². The normalized spacial score (nSPS) is 21.7. The van der Waals surface area contributed by atoms with Crippen molar-refractivity contribution < 1.29 is 37.8 Å². The standard InChI is InChI=1S/C11H19N3O3.C2HF3O2/c1-2-8(10(15)16)6-13-7-9-5-12-3-4-14(9)11(13)17;3-2(4,5)1(6)7/h8-9,12H,2-7H2,1H3,(H,15,16);(H,6,7)/t8?,9-;/m0./s1. The Morgan fingerprint density at radius 1 is 1.38 bits per heavy atom. The highest BCUT2D eigenvalue weighted by molar-refractivity contribution is 5.78. The van der Waals surface area contributed by atoms with Crippen molar-refractivity contribution >= 4 is 18.0 Å². The zero-order valence-electron chi connectivity index (χ0n) is 13.0. The lowest BCUT2D eigenvalue weighted by Crippen LogP contribution is -2.49. The third-order valence-electron chi connectivity index (χ3n) is 3.82. The maximum Gasteiger partial charge on any atom is 0.490 e. The number of aliphatic carboxylic acids is 2. The Bertz CT molecular complexity index is 486. The fourth-order valence-electron chi connectivity index (χ4n) is 2.49. The summed E-state index contributed by atoms with van der Waals surface area (Å²) < 4.78 is 31.7. The monoisotopic (exact) mass is 355 g/mol. The van der Waals surface area contributed by atoms with Gasteiger partial charge in [-0.15, -0.1) is 0 Å². The number of nitrogens with one attached hydrogen (secondary N) is 1. The molecule has 1 unspecified atom stereocenters. The maximum absolute atomic E-state index is 12.0. The van der Waals surface area contributed by atoms with Crippen molar-refractivity contribution in [3.05, 3.63) is 0 Å². The average Bonchev–Trinajstić information content (AvgIpc) is 2.81. The van der Waals surface area contributed by atoms with Crippen LogP contribution in [0.2, 0.25) is 0 Å². The van der Waals surface area contributed by atoms with E-state index < -0.39 is 24.0 Å². The molecule has 2 heterocycles. The van der Waals surface area contributed by atoms with Gasteiger partial charge >= 0.3 is 24.1 Å². The van der Waals surface area contributed by atoms with Gasteiger partial charge in [0.2, 0.25) is 0 Å². The molecule has 0 aliphatic carbocycles. The lowest BCUT2D eigenvalue weighted by atomic mass is 10.1. The molecule has 0 aromatic carbocycles. The predicted octanol–water partition coefficient (Wildman–Crippen LogP) is 0.440. The van der Waals surface area contributed by atoms with Gasteiger partial charge in [0.1, 0.15) is 0 Å². The summed E-state index contributed by atoms with van der Waals surface area (Å²) >= 11 is 0. The lowest BCUT2D eigenvalue weighted by Gasteiger charge is -2.28. The molecule has 2 aliphatic heterocycles. The number of hydrogen-bond donors (Lipinski definition) is 3. The number of carbonyl (C=O) groups excluding carboxylic acids is 1. The Morgan fingerprint density at radius 3 is 2.38 bits per heavy atom. The van der Waals surface area contributed by atoms with Crippen LogP contribution in [0.25, 0.3) is 0 Å². The van der Waals surface area contributed by atoms with Gasteiger partial charge < -0.3 is 25.3 Å². The molecule has 0 radical (unpaired) electrons. The quantitative estimate of drug-likeness (QED) is 0.675. The Hall–Kier alpha value is -2.04. The molecule has 0 saturated carbocycles. The van der Waals surface area contributed by atoms with Gasteiger partial charge in [0.25, 0.3) is 0 Å². The smallest absolute Gasteiger partial charge is 0.481 e. The summed E-state index contributed by atoms with van der Waals surface area (Å²) in [5.41, 5.74) is 0. The summed E-state index contributed by atoms with van der Waals surface area (Å²) in [6, 6.07) is 0.207. The Balaban J connectivity index is 0.000000351. The summed E-state index contributed by atoms with van der Waals surface area (Å²) in [5.74, 6) is -4.02. The number of carbonyl (C=O) groups is 3. The molecule has 0 aromatic rings. The SMILES string of the molecule is CCC(CN1C[C@@H]2CNCCN2C1=O)C(=O)O.O=C(O)C(F)(F)F. The van der Waals surface area contributed by atoms with Crippen LogP contribution in [0.3, 0.4) is 0 Å². The van der Waals surface area contributed by atoms with Crippen LogP contribution in [0.5, 0.6) is 0 Å². The molecule has 2 aliphatic rings. The zero-order chi connectivity index (χ0) is 18.5. The number of rotatable bonds is 4. The van der Waals surface area contributed by atoms with Gasteiger partial charge in [-0.2, -0.15) is 13.2 Å². The van der Waals surface area contributed by atoms with Crippen molar-refractivity contribution in [3.63, 3.8) is 0 Å². The molecule has 0 aromatic heterocycles. The molecule has 2 saturated heterocycles. The highest BCUT2D eigenvalue weighted by Crippen LogP contribution is 2.19. The number of amides is 2. The van der Waals surface area contributed by atoms with Crippen molar-refractivity contribution in [2.24, 2.45) is 5.92 Å². The third-order valence-corrected chi connectivity index (χ3v) is 3.82. The predicted molar refractivity (Wildman–Crippen MR) is 75.4 cm³/mol. The first-order chi connectivity index (χ1) is 11.1. The molecule has 8 nitrogen and oxygen atoms in total. The minimum Gasteiger partial charge on any atom is -0.481 e. The van der Waals surface area contributed by atoms with E-state index in [1.54, 1.807) is 4.90 Å². The van der Waals surface area contributed by atoms with Gasteiger partial charge in [0.05, 0.1) is 12.0 Å². The van der Waals surface area contributed by atoms with E-state index in [1.807, 2.05) is 11.8 Å². The van der Waals surface area contributed by atoms with Crippen LogP contribution in [0.4, 0.5) is 18.0 Å². The largest absolute Gasteiger partial charge is 0.490 e. The van der Waals surface area contributed by atoms with Crippen LogP contribution in [0.15, 0.2) is 0 Å². The minimum absolute atomic E-state index is 0.00352. The molecule has 138 valence electrons. The number of piperazine rings is 1. The van der Waals surface area contributed by atoms with Crippen LogP contribution in [-0.4, -0.2) is 82.9 Å². The van der Waals surface area contributed by atoms with Gasteiger partial charge in [-0.25, -0.2) is 9.59 Å². The number of urea groups is 1. The molecule has 3 N–H and O–H groups in total. The highest BCUT2D eigenvalue weighted by atomic mass is 19.4. The Morgan fingerprint density at radius 2 is 1.96 bits per heavy atom. The number of halogens is 3. The fraction of sp³-hybridized carbons (Fsp3) is 0.769. The van der Waals surface area contributed by atoms with Crippen LogP contribution in [0.1, 0.15) is 13.3 Å². The molecule has 11 heteroatoms. The van der Waals surface area contributed by atoms with Crippen molar-refractivity contribution in [2.45, 2.75) is 25.6 Å². The molecule has 2 amide bonds. The van der Waals surface area contributed by atoms with E-state index >= 15 is 0 Å². The van der Waals surface area contributed by atoms with E-state index in [0.29, 0.717) is 19.5 Å². The second-order valence-corrected chi connectivity index (χ2v) is 5.49. The van der Waals surface area contributed by atoms with Gasteiger partial charge in [0.15, 0.2) is 0 Å². The van der Waals surface area contributed by atoms with Crippen molar-refractivity contribution in [1.82, 2.24) is 15.1 Å². The lowest BCUT2D eigenvalue weighted by molar-refractivity contribution is -0.192. The molecule has 2 rings (SSSR count). The summed E-state index contributed by atoms with van der Waals surface area (Å²) in [7, 11) is 0. The number of alkyl halides is 3. The summed E-state index contributed by atoms with van der Waals surface area (Å²) in [5, 5.41) is 19.4. The fourth-order valence-corrected chi connectivity index (χ4v) is 2.49. The van der Waals surface area contributed by atoms with Gasteiger partial charge in [0, 0.05) is 32.7 Å².